The summed E-state index contributed by atoms with van der Waals surface area (Å²) in [5, 5.41) is 2.59. The Morgan fingerprint density at radius 1 is 1.56 bits per heavy atom. The normalized spacial score (nSPS) is 10.1. The summed E-state index contributed by atoms with van der Waals surface area (Å²) in [5.74, 6) is -0.406. The van der Waals surface area contributed by atoms with Crippen LogP contribution in [0.1, 0.15) is 16.1 Å². The molecule has 0 aliphatic rings. The van der Waals surface area contributed by atoms with Crippen LogP contribution in [0.3, 0.4) is 0 Å². The number of aromatic amines is 1. The van der Waals surface area contributed by atoms with Gasteiger partial charge in [0.25, 0.3) is 5.91 Å². The number of pyridine rings is 1. The molecule has 2 N–H and O–H groups in total. The first-order chi connectivity index (χ1) is 7.66. The summed E-state index contributed by atoms with van der Waals surface area (Å²) in [5.41, 5.74) is 1.02. The predicted molar refractivity (Wildman–Crippen MR) is 57.7 cm³/mol. The lowest BCUT2D eigenvalue weighted by molar-refractivity contribution is 0.102. The summed E-state index contributed by atoms with van der Waals surface area (Å²) in [4.78, 5) is 18.2. The van der Waals surface area contributed by atoms with E-state index in [1.807, 2.05) is 13.0 Å². The second kappa shape index (κ2) is 4.14. The predicted octanol–water partition coefficient (Wildman–Crippen LogP) is 2.11. The van der Waals surface area contributed by atoms with Gasteiger partial charge in [0.15, 0.2) is 0 Å². The molecule has 2 aromatic rings. The van der Waals surface area contributed by atoms with Crippen molar-refractivity contribution in [2.45, 2.75) is 6.92 Å². The Kier molecular flexibility index (Phi) is 2.68. The van der Waals surface area contributed by atoms with Gasteiger partial charge in [0, 0.05) is 18.5 Å². The van der Waals surface area contributed by atoms with Gasteiger partial charge in [-0.2, -0.15) is 0 Å². The molecule has 0 aliphatic heterocycles. The second-order valence-electron chi connectivity index (χ2n) is 3.35. The summed E-state index contributed by atoms with van der Waals surface area (Å²) in [6.45, 7) is 1.83. The topological polar surface area (TPSA) is 57.8 Å². The van der Waals surface area contributed by atoms with Gasteiger partial charge in [-0.05, 0) is 18.6 Å². The minimum Gasteiger partial charge on any atom is -0.355 e. The molecule has 0 atom stereocenters. The van der Waals surface area contributed by atoms with Crippen LogP contribution in [0.2, 0.25) is 0 Å². The number of halogens is 1. The maximum Gasteiger partial charge on any atom is 0.273 e. The lowest BCUT2D eigenvalue weighted by atomic mass is 10.3. The van der Waals surface area contributed by atoms with Crippen LogP contribution in [0.4, 0.5) is 10.2 Å². The maximum atomic E-state index is 12.7. The van der Waals surface area contributed by atoms with Crippen LogP contribution in [0.5, 0.6) is 0 Å². The van der Waals surface area contributed by atoms with E-state index in [0.717, 1.165) is 17.8 Å². The van der Waals surface area contributed by atoms with Gasteiger partial charge >= 0.3 is 0 Å². The summed E-state index contributed by atoms with van der Waals surface area (Å²) in [6, 6.07) is 4.74. The number of nitrogens with zero attached hydrogens (tertiary/aromatic N) is 1. The van der Waals surface area contributed by atoms with Crippen LogP contribution in [0, 0.1) is 12.7 Å². The maximum absolute atomic E-state index is 12.7. The Morgan fingerprint density at radius 2 is 2.38 bits per heavy atom. The molecule has 4 nitrogen and oxygen atoms in total. The van der Waals surface area contributed by atoms with Crippen molar-refractivity contribution < 1.29 is 9.18 Å². The Labute approximate surface area is 91.5 Å². The van der Waals surface area contributed by atoms with Gasteiger partial charge in [-0.1, -0.05) is 6.07 Å². The smallest absolute Gasteiger partial charge is 0.273 e. The first-order valence-electron chi connectivity index (χ1n) is 4.73. The SMILES string of the molecule is Cc1cccnc1NC(=O)c1cc(F)c[nH]1. The number of aryl methyl sites for hydroxylation is 1. The van der Waals surface area contributed by atoms with Gasteiger partial charge in [0.05, 0.1) is 0 Å². The van der Waals surface area contributed by atoms with Crippen molar-refractivity contribution >= 4 is 11.7 Å². The molecule has 0 spiro atoms. The van der Waals surface area contributed by atoms with E-state index in [4.69, 9.17) is 0 Å². The largest absolute Gasteiger partial charge is 0.355 e. The molecule has 0 unspecified atom stereocenters. The summed E-state index contributed by atoms with van der Waals surface area (Å²) < 4.78 is 12.7. The average molecular weight is 219 g/mol. The zero-order chi connectivity index (χ0) is 11.5. The number of carbonyl (C=O) groups excluding carboxylic acids is 1. The third kappa shape index (κ3) is 2.08. The quantitative estimate of drug-likeness (QED) is 0.812. The van der Waals surface area contributed by atoms with Crippen molar-refractivity contribution in [2.75, 3.05) is 5.32 Å². The van der Waals surface area contributed by atoms with Crippen molar-refractivity contribution in [2.24, 2.45) is 0 Å². The van der Waals surface area contributed by atoms with Gasteiger partial charge in [0.2, 0.25) is 0 Å². The van der Waals surface area contributed by atoms with Gasteiger partial charge in [-0.3, -0.25) is 4.79 Å². The highest BCUT2D eigenvalue weighted by molar-refractivity contribution is 6.02. The Hall–Kier alpha value is -2.17. The average Bonchev–Trinajstić information content (AvgIpc) is 2.68. The molecule has 0 bridgehead atoms. The number of anilines is 1. The minimum absolute atomic E-state index is 0.169. The van der Waals surface area contributed by atoms with E-state index in [-0.39, 0.29) is 5.69 Å². The summed E-state index contributed by atoms with van der Waals surface area (Å²) in [7, 11) is 0. The highest BCUT2D eigenvalue weighted by Crippen LogP contribution is 2.11. The second-order valence-corrected chi connectivity index (χ2v) is 3.35. The molecule has 0 radical (unpaired) electrons. The van der Waals surface area contributed by atoms with Crippen LogP contribution in [0.25, 0.3) is 0 Å². The number of amides is 1. The Morgan fingerprint density at radius 3 is 3.00 bits per heavy atom. The fourth-order valence-corrected chi connectivity index (χ4v) is 1.29. The van der Waals surface area contributed by atoms with E-state index >= 15 is 0 Å². The van der Waals surface area contributed by atoms with Crippen LogP contribution in [0.15, 0.2) is 30.6 Å². The van der Waals surface area contributed by atoms with Crippen molar-refractivity contribution in [3.8, 4) is 0 Å². The molecule has 82 valence electrons. The fourth-order valence-electron chi connectivity index (χ4n) is 1.29. The van der Waals surface area contributed by atoms with Crippen LogP contribution in [-0.2, 0) is 0 Å². The van der Waals surface area contributed by atoms with Gasteiger partial charge in [-0.25, -0.2) is 9.37 Å². The van der Waals surface area contributed by atoms with Crippen molar-refractivity contribution in [3.05, 3.63) is 47.7 Å². The van der Waals surface area contributed by atoms with Gasteiger partial charge in [0.1, 0.15) is 17.3 Å². The summed E-state index contributed by atoms with van der Waals surface area (Å²) in [6.07, 6.45) is 2.71. The van der Waals surface area contributed by atoms with Gasteiger partial charge in [-0.15, -0.1) is 0 Å². The zero-order valence-electron chi connectivity index (χ0n) is 8.62. The molecule has 0 fully saturated rings. The highest BCUT2D eigenvalue weighted by Gasteiger charge is 2.10. The van der Waals surface area contributed by atoms with Crippen molar-refractivity contribution in [1.82, 2.24) is 9.97 Å². The van der Waals surface area contributed by atoms with Crippen LogP contribution < -0.4 is 5.32 Å². The lowest BCUT2D eigenvalue weighted by Gasteiger charge is -2.04. The monoisotopic (exact) mass is 219 g/mol. The molecule has 0 aromatic carbocycles. The third-order valence-corrected chi connectivity index (χ3v) is 2.13. The molecule has 0 saturated carbocycles. The Balaban J connectivity index is 2.17. The van der Waals surface area contributed by atoms with Crippen molar-refractivity contribution in [3.63, 3.8) is 0 Å². The van der Waals surface area contributed by atoms with Crippen LogP contribution in [-0.4, -0.2) is 15.9 Å². The van der Waals surface area contributed by atoms with E-state index in [1.165, 1.54) is 0 Å². The molecule has 16 heavy (non-hydrogen) atoms. The number of hydrogen-bond acceptors (Lipinski definition) is 2. The molecule has 2 aromatic heterocycles. The van der Waals surface area contributed by atoms with Crippen molar-refractivity contribution in [1.29, 1.82) is 0 Å². The van der Waals surface area contributed by atoms with E-state index in [1.54, 1.807) is 12.3 Å². The highest BCUT2D eigenvalue weighted by atomic mass is 19.1. The number of nitrogens with one attached hydrogen (secondary N) is 2. The number of H-pyrrole nitrogens is 1. The first kappa shape index (κ1) is 10.4. The molecule has 0 aliphatic carbocycles. The lowest BCUT2D eigenvalue weighted by Crippen LogP contribution is -2.14. The third-order valence-electron chi connectivity index (χ3n) is 2.13. The van der Waals surface area contributed by atoms with E-state index < -0.39 is 11.7 Å². The molecule has 5 heteroatoms. The zero-order valence-corrected chi connectivity index (χ0v) is 8.62. The van der Waals surface area contributed by atoms with Gasteiger partial charge < -0.3 is 10.3 Å². The fraction of sp³-hybridized carbons (Fsp3) is 0.0909. The standard InChI is InChI=1S/C11H10FN3O/c1-7-3-2-4-13-10(7)15-11(16)9-5-8(12)6-14-9/h2-6,14H,1H3,(H,13,15,16). The Bertz CT molecular complexity index is 521. The number of carbonyl (C=O) groups is 1. The molecular weight excluding hydrogens is 209 g/mol. The number of rotatable bonds is 2. The molecule has 0 saturated heterocycles. The number of hydrogen-bond donors (Lipinski definition) is 2. The first-order valence-corrected chi connectivity index (χ1v) is 4.73. The van der Waals surface area contributed by atoms with E-state index in [9.17, 15) is 9.18 Å². The number of aromatic nitrogens is 2. The summed E-state index contributed by atoms with van der Waals surface area (Å²) >= 11 is 0. The van der Waals surface area contributed by atoms with E-state index in [2.05, 4.69) is 15.3 Å². The van der Waals surface area contributed by atoms with E-state index in [0.29, 0.717) is 5.82 Å². The molecule has 2 rings (SSSR count). The minimum atomic E-state index is -0.470. The van der Waals surface area contributed by atoms with Crippen LogP contribution >= 0.6 is 0 Å². The molecular formula is C11H10FN3O. The molecule has 1 amide bonds. The molecule has 2 heterocycles.